The average molecular weight is 370 g/mol. The van der Waals surface area contributed by atoms with Gasteiger partial charge in [0.05, 0.1) is 5.92 Å². The van der Waals surface area contributed by atoms with Crippen molar-refractivity contribution < 1.29 is 4.79 Å². The van der Waals surface area contributed by atoms with E-state index in [4.69, 9.17) is 0 Å². The van der Waals surface area contributed by atoms with Crippen molar-refractivity contribution in [2.45, 2.75) is 32.9 Å². The van der Waals surface area contributed by atoms with Gasteiger partial charge in [-0.2, -0.15) is 0 Å². The van der Waals surface area contributed by atoms with Crippen LogP contribution in [0.3, 0.4) is 0 Å². The van der Waals surface area contributed by atoms with Gasteiger partial charge in [-0.05, 0) is 25.3 Å². The predicted octanol–water partition coefficient (Wildman–Crippen LogP) is 1.10. The van der Waals surface area contributed by atoms with E-state index in [2.05, 4.69) is 5.32 Å². The van der Waals surface area contributed by atoms with Crippen LogP contribution in [0.25, 0.3) is 0 Å². The smallest absolute Gasteiger partial charge is 0.332 e. The molecule has 0 bridgehead atoms. The van der Waals surface area contributed by atoms with Crippen LogP contribution in [0, 0.1) is 5.92 Å². The Balaban J connectivity index is 1.74. The SMILES string of the molecule is CCn1c(N2CCC[C@H](C(=O)NCc3ccccc3)C2)cc(=O)n(C)c1=O. The van der Waals surface area contributed by atoms with Crippen LogP contribution in [0.15, 0.2) is 46.0 Å². The topological polar surface area (TPSA) is 76.3 Å². The Morgan fingerprint density at radius 1 is 1.22 bits per heavy atom. The summed E-state index contributed by atoms with van der Waals surface area (Å²) in [6.07, 6.45) is 1.65. The van der Waals surface area contributed by atoms with Crippen LogP contribution in [0.2, 0.25) is 0 Å². The summed E-state index contributed by atoms with van der Waals surface area (Å²) in [5.74, 6) is 0.455. The van der Waals surface area contributed by atoms with Crippen LogP contribution in [0.4, 0.5) is 5.82 Å². The Labute approximate surface area is 158 Å². The Hall–Kier alpha value is -2.83. The van der Waals surface area contributed by atoms with Gasteiger partial charge in [-0.15, -0.1) is 0 Å². The number of nitrogens with one attached hydrogen (secondary N) is 1. The number of hydrogen-bond acceptors (Lipinski definition) is 4. The van der Waals surface area contributed by atoms with Crippen molar-refractivity contribution in [3.63, 3.8) is 0 Å². The minimum Gasteiger partial charge on any atom is -0.357 e. The van der Waals surface area contributed by atoms with Gasteiger partial charge in [0, 0.05) is 39.3 Å². The minimum atomic E-state index is -0.324. The monoisotopic (exact) mass is 370 g/mol. The highest BCUT2D eigenvalue weighted by Crippen LogP contribution is 2.22. The summed E-state index contributed by atoms with van der Waals surface area (Å²) < 4.78 is 2.70. The van der Waals surface area contributed by atoms with Crippen LogP contribution in [0.1, 0.15) is 25.3 Å². The number of aromatic nitrogens is 2. The molecule has 2 heterocycles. The highest BCUT2D eigenvalue weighted by Gasteiger charge is 2.27. The maximum atomic E-state index is 12.6. The second kappa shape index (κ2) is 8.24. The van der Waals surface area contributed by atoms with Crippen LogP contribution < -0.4 is 21.5 Å². The molecule has 0 spiro atoms. The molecule has 1 fully saturated rings. The summed E-state index contributed by atoms with van der Waals surface area (Å²) in [6, 6.07) is 11.3. The maximum absolute atomic E-state index is 12.6. The van der Waals surface area contributed by atoms with Crippen molar-refractivity contribution in [2.75, 3.05) is 18.0 Å². The van der Waals surface area contributed by atoms with Gasteiger partial charge in [0.15, 0.2) is 0 Å². The molecule has 1 aromatic carbocycles. The number of rotatable bonds is 5. The highest BCUT2D eigenvalue weighted by atomic mass is 16.2. The Morgan fingerprint density at radius 2 is 1.96 bits per heavy atom. The molecule has 1 N–H and O–H groups in total. The molecule has 0 unspecified atom stereocenters. The molecule has 1 aliphatic rings. The number of hydrogen-bond donors (Lipinski definition) is 1. The Morgan fingerprint density at radius 3 is 2.67 bits per heavy atom. The molecule has 0 saturated carbocycles. The van der Waals surface area contributed by atoms with Crippen LogP contribution in [0.5, 0.6) is 0 Å². The number of piperidine rings is 1. The summed E-state index contributed by atoms with van der Waals surface area (Å²) in [5.41, 5.74) is 0.413. The molecule has 2 aromatic rings. The third kappa shape index (κ3) is 4.13. The van der Waals surface area contributed by atoms with E-state index in [0.717, 1.165) is 29.5 Å². The lowest BCUT2D eigenvalue weighted by molar-refractivity contribution is -0.125. The first kappa shape index (κ1) is 18.9. The summed E-state index contributed by atoms with van der Waals surface area (Å²) >= 11 is 0. The van der Waals surface area contributed by atoms with Gasteiger partial charge in [-0.1, -0.05) is 30.3 Å². The lowest BCUT2D eigenvalue weighted by Gasteiger charge is -2.34. The quantitative estimate of drug-likeness (QED) is 0.855. The largest absolute Gasteiger partial charge is 0.357 e. The number of amides is 1. The van der Waals surface area contributed by atoms with Crippen molar-refractivity contribution in [1.29, 1.82) is 0 Å². The van der Waals surface area contributed by atoms with Crippen LogP contribution in [-0.2, 0) is 24.9 Å². The van der Waals surface area contributed by atoms with E-state index in [1.54, 1.807) is 4.57 Å². The predicted molar refractivity (Wildman–Crippen MR) is 105 cm³/mol. The molecule has 1 atom stereocenters. The molecular weight excluding hydrogens is 344 g/mol. The highest BCUT2D eigenvalue weighted by molar-refractivity contribution is 5.79. The van der Waals surface area contributed by atoms with E-state index >= 15 is 0 Å². The van der Waals surface area contributed by atoms with E-state index in [-0.39, 0.29) is 23.1 Å². The first-order valence-corrected chi connectivity index (χ1v) is 9.38. The Kier molecular flexibility index (Phi) is 5.78. The van der Waals surface area contributed by atoms with Gasteiger partial charge >= 0.3 is 5.69 Å². The molecule has 1 aromatic heterocycles. The second-order valence-corrected chi connectivity index (χ2v) is 6.92. The zero-order chi connectivity index (χ0) is 19.4. The van der Waals surface area contributed by atoms with E-state index in [0.29, 0.717) is 25.5 Å². The summed E-state index contributed by atoms with van der Waals surface area (Å²) in [5, 5.41) is 3.00. The molecule has 0 aliphatic carbocycles. The molecule has 27 heavy (non-hydrogen) atoms. The fraction of sp³-hybridized carbons (Fsp3) is 0.450. The normalized spacial score (nSPS) is 17.0. The number of carbonyl (C=O) groups is 1. The summed E-state index contributed by atoms with van der Waals surface area (Å²) in [7, 11) is 1.48. The summed E-state index contributed by atoms with van der Waals surface area (Å²) in [6.45, 7) is 4.09. The third-order valence-corrected chi connectivity index (χ3v) is 5.12. The first-order chi connectivity index (χ1) is 13.0. The van der Waals surface area contributed by atoms with Crippen molar-refractivity contribution in [2.24, 2.45) is 13.0 Å². The van der Waals surface area contributed by atoms with E-state index in [9.17, 15) is 14.4 Å². The summed E-state index contributed by atoms with van der Waals surface area (Å²) in [4.78, 5) is 39.1. The molecule has 144 valence electrons. The van der Waals surface area contributed by atoms with Gasteiger partial charge in [0.2, 0.25) is 5.91 Å². The molecule has 7 heteroatoms. The molecule has 7 nitrogen and oxygen atoms in total. The lowest BCUT2D eigenvalue weighted by atomic mass is 9.97. The van der Waals surface area contributed by atoms with Gasteiger partial charge in [0.1, 0.15) is 5.82 Å². The van der Waals surface area contributed by atoms with Crippen molar-refractivity contribution in [1.82, 2.24) is 14.5 Å². The third-order valence-electron chi connectivity index (χ3n) is 5.12. The van der Waals surface area contributed by atoms with Crippen LogP contribution in [-0.4, -0.2) is 28.1 Å². The zero-order valence-corrected chi connectivity index (χ0v) is 15.9. The van der Waals surface area contributed by atoms with Gasteiger partial charge in [0.25, 0.3) is 5.56 Å². The number of carbonyl (C=O) groups excluding carboxylic acids is 1. The van der Waals surface area contributed by atoms with E-state index < -0.39 is 0 Å². The number of benzene rings is 1. The lowest BCUT2D eigenvalue weighted by Crippen LogP contribution is -2.47. The number of nitrogens with zero attached hydrogens (tertiary/aromatic N) is 3. The van der Waals surface area contributed by atoms with E-state index in [1.165, 1.54) is 13.1 Å². The zero-order valence-electron chi connectivity index (χ0n) is 15.9. The molecular formula is C20H26N4O3. The first-order valence-electron chi connectivity index (χ1n) is 9.38. The number of anilines is 1. The standard InChI is InChI=1S/C20H26N4O3/c1-3-24-17(12-18(25)22(2)20(24)27)23-11-7-10-16(14-23)19(26)21-13-15-8-5-4-6-9-15/h4-6,8-9,12,16H,3,7,10-11,13-14H2,1-2H3,(H,21,26)/t16-/m0/s1. The molecule has 0 radical (unpaired) electrons. The molecule has 3 rings (SSSR count). The Bertz CT molecular complexity index is 917. The van der Waals surface area contributed by atoms with Gasteiger partial charge in [-0.3, -0.25) is 18.7 Å². The minimum absolute atomic E-state index is 0.0118. The fourth-order valence-electron chi connectivity index (χ4n) is 3.55. The van der Waals surface area contributed by atoms with Crippen molar-refractivity contribution in [3.05, 3.63) is 62.8 Å². The second-order valence-electron chi connectivity index (χ2n) is 6.92. The van der Waals surface area contributed by atoms with Crippen LogP contribution >= 0.6 is 0 Å². The fourth-order valence-corrected chi connectivity index (χ4v) is 3.55. The van der Waals surface area contributed by atoms with Crippen molar-refractivity contribution in [3.8, 4) is 0 Å². The molecule has 1 aliphatic heterocycles. The van der Waals surface area contributed by atoms with E-state index in [1.807, 2.05) is 42.2 Å². The van der Waals surface area contributed by atoms with Crippen molar-refractivity contribution >= 4 is 11.7 Å². The molecule has 1 amide bonds. The van der Waals surface area contributed by atoms with Gasteiger partial charge < -0.3 is 10.2 Å². The average Bonchev–Trinajstić information content (AvgIpc) is 2.71. The van der Waals surface area contributed by atoms with Gasteiger partial charge in [-0.25, -0.2) is 4.79 Å². The maximum Gasteiger partial charge on any atom is 0.332 e. The molecule has 1 saturated heterocycles.